The first-order chi connectivity index (χ1) is 8.08. The van der Waals surface area contributed by atoms with Crippen LogP contribution in [-0.4, -0.2) is 22.1 Å². The molecule has 0 saturated heterocycles. The lowest BCUT2D eigenvalue weighted by Crippen LogP contribution is -2.33. The van der Waals surface area contributed by atoms with Crippen molar-refractivity contribution in [2.75, 3.05) is 18.0 Å². The van der Waals surface area contributed by atoms with Gasteiger partial charge in [-0.25, -0.2) is 8.42 Å². The number of fused-ring (bicyclic) bond motifs is 1. The normalized spacial score (nSPS) is 15.2. The van der Waals surface area contributed by atoms with Crippen molar-refractivity contribution in [2.24, 2.45) is 0 Å². The Morgan fingerprint density at radius 3 is 2.88 bits per heavy atom. The Bertz CT molecular complexity index is 537. The number of anilines is 1. The van der Waals surface area contributed by atoms with Gasteiger partial charge in [-0.3, -0.25) is 4.31 Å². The Balaban J connectivity index is 2.49. The summed E-state index contributed by atoms with van der Waals surface area (Å²) in [5.41, 5.74) is 1.73. The number of hydrogen-bond donors (Lipinski definition) is 0. The van der Waals surface area contributed by atoms with Crippen LogP contribution in [-0.2, 0) is 16.4 Å². The molecule has 0 atom stereocenters. The van der Waals surface area contributed by atoms with E-state index in [0.717, 1.165) is 35.3 Å². The highest BCUT2D eigenvalue weighted by atomic mass is 32.2. The van der Waals surface area contributed by atoms with Gasteiger partial charge in [-0.2, -0.15) is 0 Å². The average Bonchev–Trinajstić information content (AvgIpc) is 2.37. The molecule has 0 bridgehead atoms. The van der Waals surface area contributed by atoms with Crippen molar-refractivity contribution in [1.29, 1.82) is 0 Å². The molecule has 1 aromatic carbocycles. The molecule has 0 aromatic heterocycles. The van der Waals surface area contributed by atoms with Crippen LogP contribution in [0.4, 0.5) is 5.69 Å². The predicted octanol–water partition coefficient (Wildman–Crippen LogP) is 1.92. The van der Waals surface area contributed by atoms with Crippen LogP contribution in [0.2, 0.25) is 0 Å². The molecule has 1 heterocycles. The number of benzene rings is 1. The van der Waals surface area contributed by atoms with Crippen LogP contribution in [0.1, 0.15) is 12.0 Å². The predicted molar refractivity (Wildman–Crippen MR) is 67.8 cm³/mol. The summed E-state index contributed by atoms with van der Waals surface area (Å²) in [4.78, 5) is 0. The molecule has 92 valence electrons. The quantitative estimate of drug-likeness (QED) is 0.826. The minimum Gasteiger partial charge on any atom is -0.497 e. The van der Waals surface area contributed by atoms with E-state index in [1.165, 1.54) is 4.31 Å². The molecule has 5 heteroatoms. The van der Waals surface area contributed by atoms with Crippen molar-refractivity contribution in [1.82, 2.24) is 0 Å². The fraction of sp³-hybridized carbons (Fsp3) is 0.333. The third-order valence-electron chi connectivity index (χ3n) is 2.88. The summed E-state index contributed by atoms with van der Waals surface area (Å²) < 4.78 is 30.2. The Morgan fingerprint density at radius 2 is 2.24 bits per heavy atom. The van der Waals surface area contributed by atoms with Crippen LogP contribution < -0.4 is 9.04 Å². The molecular formula is C12H15NO3S. The lowest BCUT2D eigenvalue weighted by molar-refractivity contribution is 0.414. The van der Waals surface area contributed by atoms with Gasteiger partial charge in [0, 0.05) is 12.0 Å². The first-order valence-electron chi connectivity index (χ1n) is 5.40. The lowest BCUT2D eigenvalue weighted by Gasteiger charge is -2.29. The SMILES string of the molecule is C=CS(=O)(=O)N1CCCc2cc(OC)ccc21. The Kier molecular flexibility index (Phi) is 3.11. The summed E-state index contributed by atoms with van der Waals surface area (Å²) in [6.45, 7) is 3.87. The molecule has 1 aliphatic heterocycles. The first kappa shape index (κ1) is 12.0. The van der Waals surface area contributed by atoms with Gasteiger partial charge in [-0.15, -0.1) is 0 Å². The Labute approximate surface area is 102 Å². The van der Waals surface area contributed by atoms with Crippen molar-refractivity contribution in [3.8, 4) is 5.75 Å². The molecule has 1 aromatic rings. The van der Waals surface area contributed by atoms with Gasteiger partial charge in [0.1, 0.15) is 5.75 Å². The molecule has 0 fully saturated rings. The topological polar surface area (TPSA) is 46.6 Å². The van der Waals surface area contributed by atoms with Crippen molar-refractivity contribution >= 4 is 15.7 Å². The fourth-order valence-electron chi connectivity index (χ4n) is 2.02. The van der Waals surface area contributed by atoms with Gasteiger partial charge < -0.3 is 4.74 Å². The molecule has 17 heavy (non-hydrogen) atoms. The van der Waals surface area contributed by atoms with Crippen molar-refractivity contribution in [2.45, 2.75) is 12.8 Å². The van der Waals surface area contributed by atoms with Gasteiger partial charge in [0.05, 0.1) is 12.8 Å². The second-order valence-electron chi connectivity index (χ2n) is 3.88. The maximum absolute atomic E-state index is 11.8. The number of methoxy groups -OCH3 is 1. The number of hydrogen-bond acceptors (Lipinski definition) is 3. The monoisotopic (exact) mass is 253 g/mol. The summed E-state index contributed by atoms with van der Waals surface area (Å²) in [7, 11) is -1.80. The molecule has 0 aliphatic carbocycles. The van der Waals surface area contributed by atoms with E-state index in [4.69, 9.17) is 4.74 Å². The van der Waals surface area contributed by atoms with Gasteiger partial charge in [0.2, 0.25) is 0 Å². The molecule has 0 spiro atoms. The molecule has 1 aliphatic rings. The van der Waals surface area contributed by atoms with Crippen molar-refractivity contribution in [3.63, 3.8) is 0 Å². The van der Waals surface area contributed by atoms with E-state index in [-0.39, 0.29) is 0 Å². The van der Waals surface area contributed by atoms with Crippen LogP contribution in [0.15, 0.2) is 30.2 Å². The zero-order chi connectivity index (χ0) is 12.5. The fourth-order valence-corrected chi connectivity index (χ4v) is 3.04. The number of sulfonamides is 1. The summed E-state index contributed by atoms with van der Waals surface area (Å²) in [5.74, 6) is 0.751. The third kappa shape index (κ3) is 2.15. The second kappa shape index (κ2) is 4.41. The van der Waals surface area contributed by atoms with Crippen LogP contribution >= 0.6 is 0 Å². The van der Waals surface area contributed by atoms with Crippen LogP contribution in [0, 0.1) is 0 Å². The highest BCUT2D eigenvalue weighted by Gasteiger charge is 2.25. The Hall–Kier alpha value is -1.49. The van der Waals surface area contributed by atoms with Crippen LogP contribution in [0.3, 0.4) is 0 Å². The van der Waals surface area contributed by atoms with Crippen LogP contribution in [0.5, 0.6) is 5.75 Å². The maximum Gasteiger partial charge on any atom is 0.256 e. The van der Waals surface area contributed by atoms with E-state index >= 15 is 0 Å². The minimum absolute atomic E-state index is 0.508. The standard InChI is InChI=1S/C12H15NO3S/c1-3-17(14,15)13-8-4-5-10-9-11(16-2)6-7-12(10)13/h3,6-7,9H,1,4-5,8H2,2H3. The second-order valence-corrected chi connectivity index (χ2v) is 5.69. The van der Waals surface area contributed by atoms with Crippen molar-refractivity contribution in [3.05, 3.63) is 35.7 Å². The Morgan fingerprint density at radius 1 is 1.47 bits per heavy atom. The molecule has 0 N–H and O–H groups in total. The van der Waals surface area contributed by atoms with E-state index in [9.17, 15) is 8.42 Å². The highest BCUT2D eigenvalue weighted by Crippen LogP contribution is 2.32. The van der Waals surface area contributed by atoms with E-state index in [1.54, 1.807) is 19.2 Å². The number of aryl methyl sites for hydroxylation is 1. The van der Waals surface area contributed by atoms with E-state index in [0.29, 0.717) is 6.54 Å². The highest BCUT2D eigenvalue weighted by molar-refractivity contribution is 7.95. The summed E-state index contributed by atoms with van der Waals surface area (Å²) in [5, 5.41) is 0.992. The van der Waals surface area contributed by atoms with E-state index in [1.807, 2.05) is 6.07 Å². The number of rotatable bonds is 3. The molecule has 0 unspecified atom stereocenters. The average molecular weight is 253 g/mol. The van der Waals surface area contributed by atoms with Gasteiger partial charge in [0.15, 0.2) is 0 Å². The smallest absolute Gasteiger partial charge is 0.256 e. The molecule has 2 rings (SSSR count). The maximum atomic E-state index is 11.8. The van der Waals surface area contributed by atoms with Gasteiger partial charge in [-0.05, 0) is 36.6 Å². The molecule has 0 radical (unpaired) electrons. The number of ether oxygens (including phenoxy) is 1. The molecule has 0 saturated carbocycles. The lowest BCUT2D eigenvalue weighted by atomic mass is 10.0. The minimum atomic E-state index is -3.40. The van der Waals surface area contributed by atoms with Crippen LogP contribution in [0.25, 0.3) is 0 Å². The van der Waals surface area contributed by atoms with E-state index < -0.39 is 10.0 Å². The first-order valence-corrected chi connectivity index (χ1v) is 6.91. The van der Waals surface area contributed by atoms with E-state index in [2.05, 4.69) is 6.58 Å². The van der Waals surface area contributed by atoms with Gasteiger partial charge in [-0.1, -0.05) is 6.58 Å². The summed E-state index contributed by atoms with van der Waals surface area (Å²) >= 11 is 0. The van der Waals surface area contributed by atoms with Gasteiger partial charge in [0.25, 0.3) is 10.0 Å². The number of nitrogens with zero attached hydrogens (tertiary/aromatic N) is 1. The zero-order valence-electron chi connectivity index (χ0n) is 9.72. The summed E-state index contributed by atoms with van der Waals surface area (Å²) in [6.07, 6.45) is 1.68. The summed E-state index contributed by atoms with van der Waals surface area (Å²) in [6, 6.07) is 5.45. The molecule has 4 nitrogen and oxygen atoms in total. The van der Waals surface area contributed by atoms with Gasteiger partial charge >= 0.3 is 0 Å². The zero-order valence-corrected chi connectivity index (χ0v) is 10.5. The largest absolute Gasteiger partial charge is 0.497 e. The molecular weight excluding hydrogens is 238 g/mol. The third-order valence-corrected chi connectivity index (χ3v) is 4.30. The van der Waals surface area contributed by atoms with Crippen molar-refractivity contribution < 1.29 is 13.2 Å². The molecule has 0 amide bonds.